The van der Waals surface area contributed by atoms with Gasteiger partial charge in [0.05, 0.1) is 24.5 Å². The summed E-state index contributed by atoms with van der Waals surface area (Å²) in [4.78, 5) is 41.8. The first kappa shape index (κ1) is 22.3. The lowest BCUT2D eigenvalue weighted by Crippen LogP contribution is -2.30. The standard InChI is InChI=1S/C23H21N3O7/c27-13-18-16(28)11-19(32-18)26-12-17(33-22(30)15-9-5-2-6-10-15)20(25-23(26)31)24-21(29)14-7-3-1-4-8-14/h1-10,12,16,18-19,27-28H,11,13H2,(H,24,25,29,31)/t16-,18+,19+/m0/s1. The topological polar surface area (TPSA) is 140 Å². The maximum Gasteiger partial charge on any atom is 0.351 e. The van der Waals surface area contributed by atoms with E-state index in [0.717, 1.165) is 4.57 Å². The fraction of sp³-hybridized carbons (Fsp3) is 0.217. The fourth-order valence-electron chi connectivity index (χ4n) is 3.37. The number of aliphatic hydroxyl groups excluding tert-OH is 2. The molecule has 1 saturated heterocycles. The number of aliphatic hydroxyl groups is 2. The lowest BCUT2D eigenvalue weighted by atomic mass is 10.2. The molecule has 0 radical (unpaired) electrons. The molecule has 0 saturated carbocycles. The van der Waals surface area contributed by atoms with E-state index in [-0.39, 0.29) is 23.6 Å². The summed E-state index contributed by atoms with van der Waals surface area (Å²) >= 11 is 0. The van der Waals surface area contributed by atoms with Crippen LogP contribution in [-0.4, -0.2) is 50.5 Å². The Morgan fingerprint density at radius 2 is 1.73 bits per heavy atom. The van der Waals surface area contributed by atoms with E-state index in [2.05, 4.69) is 10.3 Å². The number of esters is 1. The Kier molecular flexibility index (Phi) is 6.59. The van der Waals surface area contributed by atoms with Crippen LogP contribution in [0.15, 0.2) is 71.7 Å². The highest BCUT2D eigenvalue weighted by atomic mass is 16.5. The zero-order valence-electron chi connectivity index (χ0n) is 17.3. The predicted molar refractivity (Wildman–Crippen MR) is 116 cm³/mol. The lowest BCUT2D eigenvalue weighted by molar-refractivity contribution is -0.0460. The molecule has 1 aromatic heterocycles. The minimum Gasteiger partial charge on any atom is -0.417 e. The van der Waals surface area contributed by atoms with Gasteiger partial charge in [-0.25, -0.2) is 9.59 Å². The van der Waals surface area contributed by atoms with Gasteiger partial charge in [0.1, 0.15) is 12.3 Å². The van der Waals surface area contributed by atoms with Gasteiger partial charge in [0.15, 0.2) is 11.6 Å². The number of hydrogen-bond donors (Lipinski definition) is 3. The van der Waals surface area contributed by atoms with Gasteiger partial charge in [0.2, 0.25) is 0 Å². The normalized spacial score (nSPS) is 19.8. The third kappa shape index (κ3) is 4.98. The van der Waals surface area contributed by atoms with Gasteiger partial charge >= 0.3 is 11.7 Å². The van der Waals surface area contributed by atoms with Crippen LogP contribution in [0.1, 0.15) is 33.4 Å². The van der Waals surface area contributed by atoms with Gasteiger partial charge in [0, 0.05) is 12.0 Å². The van der Waals surface area contributed by atoms with Gasteiger partial charge in [0.25, 0.3) is 5.91 Å². The summed E-state index contributed by atoms with van der Waals surface area (Å²) in [6.07, 6.45) is -1.58. The van der Waals surface area contributed by atoms with Gasteiger partial charge in [-0.1, -0.05) is 36.4 Å². The molecule has 3 atom stereocenters. The first-order chi connectivity index (χ1) is 16.0. The molecule has 0 unspecified atom stereocenters. The Morgan fingerprint density at radius 1 is 1.09 bits per heavy atom. The van der Waals surface area contributed by atoms with E-state index < -0.39 is 42.6 Å². The van der Waals surface area contributed by atoms with Crippen LogP contribution in [0.3, 0.4) is 0 Å². The van der Waals surface area contributed by atoms with Gasteiger partial charge in [-0.15, -0.1) is 0 Å². The Morgan fingerprint density at radius 3 is 2.33 bits per heavy atom. The molecule has 0 bridgehead atoms. The van der Waals surface area contributed by atoms with E-state index in [1.807, 2.05) is 0 Å². The Hall–Kier alpha value is -3.86. The number of ether oxygens (including phenoxy) is 2. The summed E-state index contributed by atoms with van der Waals surface area (Å²) in [7, 11) is 0. The summed E-state index contributed by atoms with van der Waals surface area (Å²) in [5, 5.41) is 21.8. The number of hydrogen-bond acceptors (Lipinski definition) is 8. The first-order valence-electron chi connectivity index (χ1n) is 10.2. The smallest absolute Gasteiger partial charge is 0.351 e. The summed E-state index contributed by atoms with van der Waals surface area (Å²) in [5.74, 6) is -1.70. The van der Waals surface area contributed by atoms with E-state index >= 15 is 0 Å². The number of nitrogens with one attached hydrogen (secondary N) is 1. The van der Waals surface area contributed by atoms with E-state index in [4.69, 9.17) is 9.47 Å². The van der Waals surface area contributed by atoms with Gasteiger partial charge in [-0.05, 0) is 24.3 Å². The number of aromatic nitrogens is 2. The highest BCUT2D eigenvalue weighted by Gasteiger charge is 2.35. The zero-order valence-corrected chi connectivity index (χ0v) is 17.3. The van der Waals surface area contributed by atoms with Crippen molar-refractivity contribution >= 4 is 17.7 Å². The van der Waals surface area contributed by atoms with Crippen LogP contribution in [0.5, 0.6) is 5.75 Å². The Balaban J connectivity index is 1.68. The van der Waals surface area contributed by atoms with Crippen LogP contribution < -0.4 is 15.7 Å². The molecule has 170 valence electrons. The third-order valence-corrected chi connectivity index (χ3v) is 5.09. The molecule has 4 rings (SSSR count). The molecule has 3 aromatic rings. The van der Waals surface area contributed by atoms with Crippen molar-refractivity contribution < 1.29 is 29.3 Å². The molecule has 1 aliphatic rings. The number of carbonyl (C=O) groups is 2. The molecular weight excluding hydrogens is 430 g/mol. The van der Waals surface area contributed by atoms with Crippen molar-refractivity contribution in [3.8, 4) is 5.75 Å². The molecule has 0 aliphatic carbocycles. The van der Waals surface area contributed by atoms with Crippen molar-refractivity contribution in [3.63, 3.8) is 0 Å². The van der Waals surface area contributed by atoms with E-state index in [9.17, 15) is 24.6 Å². The largest absolute Gasteiger partial charge is 0.417 e. The highest BCUT2D eigenvalue weighted by Crippen LogP contribution is 2.30. The molecule has 3 N–H and O–H groups in total. The van der Waals surface area contributed by atoms with Crippen molar-refractivity contribution in [3.05, 3.63) is 88.5 Å². The maximum absolute atomic E-state index is 12.7. The number of nitrogens with zero attached hydrogens (tertiary/aromatic N) is 2. The molecule has 33 heavy (non-hydrogen) atoms. The Labute approximate surface area is 188 Å². The Bertz CT molecular complexity index is 1200. The van der Waals surface area contributed by atoms with E-state index in [0.29, 0.717) is 5.56 Å². The summed E-state index contributed by atoms with van der Waals surface area (Å²) in [5.41, 5.74) is -0.228. The second-order valence-electron chi connectivity index (χ2n) is 7.33. The number of amides is 1. The molecule has 1 amide bonds. The molecule has 0 spiro atoms. The van der Waals surface area contributed by atoms with Crippen molar-refractivity contribution in [2.24, 2.45) is 0 Å². The minimum atomic E-state index is -0.986. The molecule has 2 heterocycles. The van der Waals surface area contributed by atoms with Crippen LogP contribution in [-0.2, 0) is 4.74 Å². The van der Waals surface area contributed by atoms with Crippen LogP contribution in [0.2, 0.25) is 0 Å². The van der Waals surface area contributed by atoms with E-state index in [1.165, 1.54) is 6.20 Å². The van der Waals surface area contributed by atoms with Gasteiger partial charge < -0.3 is 25.0 Å². The summed E-state index contributed by atoms with van der Waals surface area (Å²) < 4.78 is 12.0. The second kappa shape index (κ2) is 9.74. The molecule has 1 fully saturated rings. The second-order valence-corrected chi connectivity index (χ2v) is 7.33. The van der Waals surface area contributed by atoms with Crippen LogP contribution in [0.25, 0.3) is 0 Å². The minimum absolute atomic E-state index is 0.0224. The highest BCUT2D eigenvalue weighted by molar-refractivity contribution is 6.04. The van der Waals surface area contributed by atoms with Gasteiger partial charge in [-0.2, -0.15) is 4.98 Å². The van der Waals surface area contributed by atoms with Crippen LogP contribution >= 0.6 is 0 Å². The first-order valence-corrected chi connectivity index (χ1v) is 10.2. The zero-order chi connectivity index (χ0) is 23.4. The van der Waals surface area contributed by atoms with Crippen molar-refractivity contribution in [1.29, 1.82) is 0 Å². The maximum atomic E-state index is 12.7. The number of rotatable bonds is 6. The lowest BCUT2D eigenvalue weighted by Gasteiger charge is -2.17. The average Bonchev–Trinajstić information content (AvgIpc) is 3.22. The average molecular weight is 451 g/mol. The monoisotopic (exact) mass is 451 g/mol. The third-order valence-electron chi connectivity index (χ3n) is 5.09. The van der Waals surface area contributed by atoms with E-state index in [1.54, 1.807) is 60.7 Å². The number of anilines is 1. The molecule has 10 nitrogen and oxygen atoms in total. The molecular formula is C23H21N3O7. The fourth-order valence-corrected chi connectivity index (χ4v) is 3.37. The summed E-state index contributed by atoms with van der Waals surface area (Å²) in [6, 6.07) is 16.4. The number of carbonyl (C=O) groups excluding carboxylic acids is 2. The predicted octanol–water partition coefficient (Wildman–Crippen LogP) is 1.36. The van der Waals surface area contributed by atoms with Crippen molar-refractivity contribution in [1.82, 2.24) is 9.55 Å². The summed E-state index contributed by atoms with van der Waals surface area (Å²) in [6.45, 7) is -0.430. The van der Waals surface area contributed by atoms with Gasteiger partial charge in [-0.3, -0.25) is 9.36 Å². The van der Waals surface area contributed by atoms with Crippen molar-refractivity contribution in [2.75, 3.05) is 11.9 Å². The van der Waals surface area contributed by atoms with Crippen LogP contribution in [0, 0.1) is 0 Å². The number of benzene rings is 2. The quantitative estimate of drug-likeness (QED) is 0.477. The SMILES string of the molecule is O=C(Nc1nc(=O)n([C@H]2C[C@H](O)[C@@H](CO)O2)cc1OC(=O)c1ccccc1)c1ccccc1. The van der Waals surface area contributed by atoms with Crippen LogP contribution in [0.4, 0.5) is 5.82 Å². The molecule has 2 aromatic carbocycles. The van der Waals surface area contributed by atoms with Crippen molar-refractivity contribution in [2.45, 2.75) is 24.9 Å². The molecule has 1 aliphatic heterocycles. The molecule has 10 heteroatoms.